The van der Waals surface area contributed by atoms with E-state index in [2.05, 4.69) is 4.90 Å². The summed E-state index contributed by atoms with van der Waals surface area (Å²) in [5.74, 6) is 0.761. The van der Waals surface area contributed by atoms with Crippen LogP contribution in [0.4, 0.5) is 0 Å². The fourth-order valence-corrected chi connectivity index (χ4v) is 3.23. The third-order valence-corrected chi connectivity index (χ3v) is 4.32. The van der Waals surface area contributed by atoms with Gasteiger partial charge in [-0.1, -0.05) is 6.42 Å². The van der Waals surface area contributed by atoms with Gasteiger partial charge in [0.1, 0.15) is 5.78 Å². The summed E-state index contributed by atoms with van der Waals surface area (Å²) in [6.45, 7) is 1.44. The van der Waals surface area contributed by atoms with Gasteiger partial charge in [0.2, 0.25) is 5.91 Å². The topological polar surface area (TPSA) is 40.6 Å². The van der Waals surface area contributed by atoms with Crippen molar-refractivity contribution in [1.82, 2.24) is 9.80 Å². The molecule has 4 nitrogen and oxygen atoms in total. The number of piperidine rings is 1. The second kappa shape index (κ2) is 5.83. The van der Waals surface area contributed by atoms with Gasteiger partial charge < -0.3 is 4.90 Å². The number of ketones is 1. The van der Waals surface area contributed by atoms with Crippen LogP contribution in [0.5, 0.6) is 0 Å². The minimum atomic E-state index is 0.146. The van der Waals surface area contributed by atoms with Crippen molar-refractivity contribution in [2.45, 2.75) is 44.6 Å². The van der Waals surface area contributed by atoms with Gasteiger partial charge in [-0.3, -0.25) is 14.5 Å². The number of likely N-dealkylation sites (N-methyl/N-ethyl adjacent to an activating group) is 1. The van der Waals surface area contributed by atoms with Crippen molar-refractivity contribution in [2.24, 2.45) is 5.92 Å². The highest BCUT2D eigenvalue weighted by Crippen LogP contribution is 2.32. The van der Waals surface area contributed by atoms with Crippen LogP contribution in [-0.2, 0) is 9.59 Å². The van der Waals surface area contributed by atoms with Gasteiger partial charge in [0.25, 0.3) is 0 Å². The van der Waals surface area contributed by atoms with E-state index in [1.54, 1.807) is 19.0 Å². The number of rotatable bonds is 3. The third kappa shape index (κ3) is 2.91. The van der Waals surface area contributed by atoms with E-state index < -0.39 is 0 Å². The van der Waals surface area contributed by atoms with E-state index in [0.717, 1.165) is 38.6 Å². The van der Waals surface area contributed by atoms with Crippen LogP contribution in [0.15, 0.2) is 0 Å². The van der Waals surface area contributed by atoms with Gasteiger partial charge in [-0.05, 0) is 32.2 Å². The molecular formula is C14H24N2O2. The molecule has 2 aliphatic rings. The zero-order valence-electron chi connectivity index (χ0n) is 11.5. The summed E-state index contributed by atoms with van der Waals surface area (Å²) in [4.78, 5) is 27.7. The summed E-state index contributed by atoms with van der Waals surface area (Å²) >= 11 is 0. The summed E-state index contributed by atoms with van der Waals surface area (Å²) in [6.07, 6.45) is 6.23. The smallest absolute Gasteiger partial charge is 0.236 e. The lowest BCUT2D eigenvalue weighted by Gasteiger charge is -2.38. The Morgan fingerprint density at radius 3 is 2.67 bits per heavy atom. The highest BCUT2D eigenvalue weighted by Gasteiger charge is 2.37. The van der Waals surface area contributed by atoms with Gasteiger partial charge in [0.05, 0.1) is 6.54 Å². The molecule has 2 fully saturated rings. The molecule has 1 aliphatic carbocycles. The molecule has 1 saturated heterocycles. The summed E-state index contributed by atoms with van der Waals surface area (Å²) in [5, 5.41) is 0. The maximum absolute atomic E-state index is 11.9. The lowest BCUT2D eigenvalue weighted by molar-refractivity contribution is -0.133. The molecule has 1 amide bonds. The van der Waals surface area contributed by atoms with Crippen molar-refractivity contribution in [2.75, 3.05) is 27.2 Å². The molecule has 0 aromatic carbocycles. The van der Waals surface area contributed by atoms with Crippen molar-refractivity contribution in [3.8, 4) is 0 Å². The molecule has 0 bridgehead atoms. The molecule has 1 aliphatic heterocycles. The Hall–Kier alpha value is -0.900. The van der Waals surface area contributed by atoms with E-state index in [1.807, 2.05) is 0 Å². The first-order valence-corrected chi connectivity index (χ1v) is 7.06. The first-order chi connectivity index (χ1) is 8.59. The Morgan fingerprint density at radius 2 is 2.06 bits per heavy atom. The highest BCUT2D eigenvalue weighted by molar-refractivity contribution is 5.83. The van der Waals surface area contributed by atoms with Crippen LogP contribution in [-0.4, -0.2) is 54.7 Å². The third-order valence-electron chi connectivity index (χ3n) is 4.32. The predicted octanol–water partition coefficient (Wildman–Crippen LogP) is 1.30. The number of hydrogen-bond donors (Lipinski definition) is 0. The quantitative estimate of drug-likeness (QED) is 0.760. The molecule has 2 atom stereocenters. The maximum atomic E-state index is 11.9. The summed E-state index contributed by atoms with van der Waals surface area (Å²) < 4.78 is 0. The van der Waals surface area contributed by atoms with Crippen molar-refractivity contribution < 1.29 is 9.59 Å². The largest absolute Gasteiger partial charge is 0.348 e. The molecule has 0 N–H and O–H groups in total. The minimum absolute atomic E-state index is 0.146. The number of nitrogens with zero attached hydrogens (tertiary/aromatic N) is 2. The Kier molecular flexibility index (Phi) is 4.38. The average molecular weight is 252 g/mol. The molecule has 0 aromatic heterocycles. The fourth-order valence-electron chi connectivity index (χ4n) is 3.23. The van der Waals surface area contributed by atoms with Gasteiger partial charge >= 0.3 is 0 Å². The van der Waals surface area contributed by atoms with E-state index in [0.29, 0.717) is 18.4 Å². The van der Waals surface area contributed by atoms with E-state index >= 15 is 0 Å². The van der Waals surface area contributed by atoms with E-state index in [-0.39, 0.29) is 11.8 Å². The number of carbonyl (C=O) groups excluding carboxylic acids is 2. The zero-order valence-corrected chi connectivity index (χ0v) is 11.5. The molecule has 2 rings (SSSR count). The maximum Gasteiger partial charge on any atom is 0.236 e. The van der Waals surface area contributed by atoms with Crippen LogP contribution in [0.1, 0.15) is 38.5 Å². The normalized spacial score (nSPS) is 29.6. The van der Waals surface area contributed by atoms with Crippen LogP contribution in [0.3, 0.4) is 0 Å². The minimum Gasteiger partial charge on any atom is -0.348 e. The number of likely N-dealkylation sites (tertiary alicyclic amines) is 1. The van der Waals surface area contributed by atoms with E-state index in [1.165, 1.54) is 6.42 Å². The molecule has 0 radical (unpaired) electrons. The molecule has 1 heterocycles. The van der Waals surface area contributed by atoms with Crippen LogP contribution in [0, 0.1) is 5.92 Å². The Labute approximate surface area is 109 Å². The summed E-state index contributed by atoms with van der Waals surface area (Å²) in [5.41, 5.74) is 0. The number of carbonyl (C=O) groups is 2. The molecular weight excluding hydrogens is 228 g/mol. The fraction of sp³-hybridized carbons (Fsp3) is 0.857. The first-order valence-electron chi connectivity index (χ1n) is 7.06. The van der Waals surface area contributed by atoms with Gasteiger partial charge in [-0.15, -0.1) is 0 Å². The van der Waals surface area contributed by atoms with Crippen LogP contribution < -0.4 is 0 Å². The number of Topliss-reactive ketones (excluding diaryl/α,β-unsaturated/α-hetero) is 1. The number of hydrogen-bond acceptors (Lipinski definition) is 3. The molecule has 0 aromatic rings. The predicted molar refractivity (Wildman–Crippen MR) is 70.3 cm³/mol. The molecule has 0 spiro atoms. The second-order valence-corrected chi connectivity index (χ2v) is 5.79. The average Bonchev–Trinajstić information content (AvgIpc) is 2.76. The molecule has 4 heteroatoms. The standard InChI is InChI=1S/C14H24N2O2/c1-15(2)14(18)10-16-9-4-3-7-12(16)11-6-5-8-13(11)17/h11-12H,3-10H2,1-2H3. The first kappa shape index (κ1) is 13.5. The van der Waals surface area contributed by atoms with Crippen molar-refractivity contribution in [3.63, 3.8) is 0 Å². The van der Waals surface area contributed by atoms with Gasteiger partial charge in [-0.25, -0.2) is 0 Å². The molecule has 102 valence electrons. The SMILES string of the molecule is CN(C)C(=O)CN1CCCCC1C1CCCC1=O. The van der Waals surface area contributed by atoms with E-state index in [4.69, 9.17) is 0 Å². The Morgan fingerprint density at radius 1 is 1.28 bits per heavy atom. The summed E-state index contributed by atoms with van der Waals surface area (Å²) in [6, 6.07) is 0.317. The number of amides is 1. The lowest BCUT2D eigenvalue weighted by Crippen LogP contribution is -2.49. The van der Waals surface area contributed by atoms with Crippen LogP contribution in [0.2, 0.25) is 0 Å². The monoisotopic (exact) mass is 252 g/mol. The van der Waals surface area contributed by atoms with E-state index in [9.17, 15) is 9.59 Å². The highest BCUT2D eigenvalue weighted by atomic mass is 16.2. The van der Waals surface area contributed by atoms with Gasteiger partial charge in [-0.2, -0.15) is 0 Å². The molecule has 2 unspecified atom stereocenters. The van der Waals surface area contributed by atoms with Gasteiger partial charge in [0.15, 0.2) is 0 Å². The summed E-state index contributed by atoms with van der Waals surface area (Å²) in [7, 11) is 3.59. The Balaban J connectivity index is 2.01. The second-order valence-electron chi connectivity index (χ2n) is 5.79. The Bertz CT molecular complexity index is 328. The van der Waals surface area contributed by atoms with Crippen molar-refractivity contribution in [3.05, 3.63) is 0 Å². The molecule has 18 heavy (non-hydrogen) atoms. The van der Waals surface area contributed by atoms with Crippen LogP contribution >= 0.6 is 0 Å². The lowest BCUT2D eigenvalue weighted by atomic mass is 9.88. The van der Waals surface area contributed by atoms with Crippen molar-refractivity contribution in [1.29, 1.82) is 0 Å². The zero-order chi connectivity index (χ0) is 13.1. The molecule has 1 saturated carbocycles. The van der Waals surface area contributed by atoms with Crippen molar-refractivity contribution >= 4 is 11.7 Å². The van der Waals surface area contributed by atoms with Crippen LogP contribution in [0.25, 0.3) is 0 Å². The van der Waals surface area contributed by atoms with Gasteiger partial charge in [0, 0.05) is 32.5 Å².